The van der Waals surface area contributed by atoms with Crippen molar-refractivity contribution in [2.75, 3.05) is 6.54 Å². The summed E-state index contributed by atoms with van der Waals surface area (Å²) in [7, 11) is 1.66. The Hall–Kier alpha value is -1.66. The summed E-state index contributed by atoms with van der Waals surface area (Å²) in [5.41, 5.74) is 0. The lowest BCUT2D eigenvalue weighted by atomic mass is 10.2. The Kier molecular flexibility index (Phi) is 2.06. The maximum atomic E-state index is 10.8. The van der Waals surface area contributed by atoms with Gasteiger partial charge >= 0.3 is 6.09 Å². The SMILES string of the molecule is Cn1nnc([C@@H]2CCCN2C(=O)O)n1. The standard InChI is InChI=1S/C7H11N5O2/c1-11-9-6(8-10-11)5-3-2-4-12(5)7(13)14/h5H,2-4H2,1H3,(H,13,14)/t5-/m0/s1. The number of amides is 1. The molecule has 0 saturated carbocycles. The van der Waals surface area contributed by atoms with Crippen LogP contribution in [0.15, 0.2) is 0 Å². The molecule has 2 rings (SSSR count). The van der Waals surface area contributed by atoms with Crippen molar-refractivity contribution in [2.24, 2.45) is 7.05 Å². The van der Waals surface area contributed by atoms with Crippen LogP contribution in [-0.2, 0) is 7.05 Å². The molecule has 1 amide bonds. The zero-order valence-corrected chi connectivity index (χ0v) is 7.79. The number of hydrogen-bond acceptors (Lipinski definition) is 4. The molecule has 1 aromatic heterocycles. The van der Waals surface area contributed by atoms with E-state index in [2.05, 4.69) is 15.4 Å². The van der Waals surface area contributed by atoms with Gasteiger partial charge in [-0.05, 0) is 18.1 Å². The van der Waals surface area contributed by atoms with Gasteiger partial charge in [0, 0.05) is 6.54 Å². The van der Waals surface area contributed by atoms with Crippen LogP contribution in [0.1, 0.15) is 24.7 Å². The summed E-state index contributed by atoms with van der Waals surface area (Å²) >= 11 is 0. The number of rotatable bonds is 1. The third-order valence-electron chi connectivity index (χ3n) is 2.32. The molecule has 0 aromatic carbocycles. The van der Waals surface area contributed by atoms with Crippen LogP contribution >= 0.6 is 0 Å². The van der Waals surface area contributed by atoms with Gasteiger partial charge in [0.2, 0.25) is 0 Å². The van der Waals surface area contributed by atoms with E-state index in [4.69, 9.17) is 5.11 Å². The Morgan fingerprint density at radius 1 is 1.64 bits per heavy atom. The van der Waals surface area contributed by atoms with E-state index in [0.29, 0.717) is 12.4 Å². The molecule has 0 bridgehead atoms. The third-order valence-corrected chi connectivity index (χ3v) is 2.32. The topological polar surface area (TPSA) is 84.1 Å². The molecule has 2 heterocycles. The van der Waals surface area contributed by atoms with Crippen LogP contribution in [0.4, 0.5) is 4.79 Å². The van der Waals surface area contributed by atoms with Crippen LogP contribution in [0, 0.1) is 0 Å². The molecule has 0 unspecified atom stereocenters. The predicted octanol–water partition coefficient (Wildman–Crippen LogP) is 0.0250. The van der Waals surface area contributed by atoms with Gasteiger partial charge < -0.3 is 5.11 Å². The first-order valence-corrected chi connectivity index (χ1v) is 4.42. The van der Waals surface area contributed by atoms with E-state index < -0.39 is 6.09 Å². The number of tetrazole rings is 1. The predicted molar refractivity (Wildman–Crippen MR) is 45.5 cm³/mol. The third kappa shape index (κ3) is 1.40. The summed E-state index contributed by atoms with van der Waals surface area (Å²) in [5, 5.41) is 20.4. The first-order valence-electron chi connectivity index (χ1n) is 4.42. The highest BCUT2D eigenvalue weighted by molar-refractivity contribution is 5.65. The average molecular weight is 197 g/mol. The zero-order chi connectivity index (χ0) is 10.1. The van der Waals surface area contributed by atoms with Gasteiger partial charge in [-0.3, -0.25) is 4.90 Å². The van der Waals surface area contributed by atoms with Crippen LogP contribution in [0.5, 0.6) is 0 Å². The number of aromatic nitrogens is 4. The molecule has 76 valence electrons. The van der Waals surface area contributed by atoms with Crippen molar-refractivity contribution in [2.45, 2.75) is 18.9 Å². The van der Waals surface area contributed by atoms with Crippen molar-refractivity contribution in [1.29, 1.82) is 0 Å². The number of nitrogens with zero attached hydrogens (tertiary/aromatic N) is 5. The molecule has 1 aliphatic heterocycles. The molecule has 7 nitrogen and oxygen atoms in total. The van der Waals surface area contributed by atoms with Gasteiger partial charge in [-0.15, -0.1) is 10.2 Å². The molecular weight excluding hydrogens is 186 g/mol. The molecule has 7 heteroatoms. The summed E-state index contributed by atoms with van der Waals surface area (Å²) in [4.78, 5) is 13.5. The monoisotopic (exact) mass is 197 g/mol. The highest BCUT2D eigenvalue weighted by atomic mass is 16.4. The second kappa shape index (κ2) is 3.24. The number of carbonyl (C=O) groups is 1. The minimum Gasteiger partial charge on any atom is -0.465 e. The van der Waals surface area contributed by atoms with Crippen LogP contribution in [0.3, 0.4) is 0 Å². The van der Waals surface area contributed by atoms with Crippen LogP contribution in [0.25, 0.3) is 0 Å². The zero-order valence-electron chi connectivity index (χ0n) is 7.79. The minimum absolute atomic E-state index is 0.221. The van der Waals surface area contributed by atoms with Crippen molar-refractivity contribution in [1.82, 2.24) is 25.1 Å². The second-order valence-electron chi connectivity index (χ2n) is 3.27. The Balaban J connectivity index is 2.21. The molecule has 1 fully saturated rings. The van der Waals surface area contributed by atoms with E-state index in [-0.39, 0.29) is 6.04 Å². The summed E-state index contributed by atoms with van der Waals surface area (Å²) in [6.45, 7) is 0.554. The second-order valence-corrected chi connectivity index (χ2v) is 3.27. The molecule has 14 heavy (non-hydrogen) atoms. The fraction of sp³-hybridized carbons (Fsp3) is 0.714. The summed E-state index contributed by atoms with van der Waals surface area (Å²) < 4.78 is 0. The highest BCUT2D eigenvalue weighted by Crippen LogP contribution is 2.28. The average Bonchev–Trinajstić information content (AvgIpc) is 2.70. The maximum absolute atomic E-state index is 10.8. The summed E-state index contributed by atoms with van der Waals surface area (Å²) in [6.07, 6.45) is 0.715. The fourth-order valence-corrected chi connectivity index (χ4v) is 1.70. The lowest BCUT2D eigenvalue weighted by Crippen LogP contribution is -2.29. The van der Waals surface area contributed by atoms with Crippen molar-refractivity contribution in [3.8, 4) is 0 Å². The van der Waals surface area contributed by atoms with Crippen LogP contribution in [-0.4, -0.2) is 42.9 Å². The first-order chi connectivity index (χ1) is 6.68. The summed E-state index contributed by atoms with van der Waals surface area (Å²) in [5.74, 6) is 0.493. The van der Waals surface area contributed by atoms with Gasteiger partial charge in [0.25, 0.3) is 0 Å². The molecule has 1 atom stereocenters. The lowest BCUT2D eigenvalue weighted by Gasteiger charge is -2.17. The Morgan fingerprint density at radius 2 is 2.43 bits per heavy atom. The maximum Gasteiger partial charge on any atom is 0.407 e. The smallest absolute Gasteiger partial charge is 0.407 e. The molecule has 1 aliphatic rings. The Bertz CT molecular complexity index is 350. The van der Waals surface area contributed by atoms with E-state index in [9.17, 15) is 4.79 Å². The van der Waals surface area contributed by atoms with Crippen molar-refractivity contribution in [3.05, 3.63) is 5.82 Å². The van der Waals surface area contributed by atoms with E-state index >= 15 is 0 Å². The fourth-order valence-electron chi connectivity index (χ4n) is 1.70. The quantitative estimate of drug-likeness (QED) is 0.686. The van der Waals surface area contributed by atoms with E-state index in [1.54, 1.807) is 7.05 Å². The van der Waals surface area contributed by atoms with Gasteiger partial charge in [-0.25, -0.2) is 4.79 Å². The van der Waals surface area contributed by atoms with Crippen molar-refractivity contribution >= 4 is 6.09 Å². The van der Waals surface area contributed by atoms with E-state index in [1.165, 1.54) is 9.70 Å². The van der Waals surface area contributed by atoms with Gasteiger partial charge in [0.15, 0.2) is 5.82 Å². The number of aryl methyl sites for hydroxylation is 1. The van der Waals surface area contributed by atoms with Crippen molar-refractivity contribution < 1.29 is 9.90 Å². The first kappa shape index (κ1) is 8.92. The molecule has 0 spiro atoms. The van der Waals surface area contributed by atoms with Crippen LogP contribution < -0.4 is 0 Å². The van der Waals surface area contributed by atoms with E-state index in [0.717, 1.165) is 12.8 Å². The van der Waals surface area contributed by atoms with E-state index in [1.807, 2.05) is 0 Å². The molecule has 1 aromatic rings. The van der Waals surface area contributed by atoms with Gasteiger partial charge in [-0.2, -0.15) is 4.80 Å². The number of hydrogen-bond donors (Lipinski definition) is 1. The largest absolute Gasteiger partial charge is 0.465 e. The Labute approximate surface area is 80.3 Å². The number of likely N-dealkylation sites (tertiary alicyclic amines) is 1. The van der Waals surface area contributed by atoms with Crippen LogP contribution in [0.2, 0.25) is 0 Å². The van der Waals surface area contributed by atoms with Gasteiger partial charge in [0.05, 0.1) is 13.1 Å². The Morgan fingerprint density at radius 3 is 3.00 bits per heavy atom. The van der Waals surface area contributed by atoms with Gasteiger partial charge in [0.1, 0.15) is 0 Å². The normalized spacial score (nSPS) is 21.5. The number of carboxylic acid groups (broad SMARTS) is 1. The molecule has 1 saturated heterocycles. The highest BCUT2D eigenvalue weighted by Gasteiger charge is 2.32. The van der Waals surface area contributed by atoms with Gasteiger partial charge in [-0.1, -0.05) is 0 Å². The lowest BCUT2D eigenvalue weighted by molar-refractivity contribution is 0.138. The summed E-state index contributed by atoms with van der Waals surface area (Å²) in [6, 6.07) is -0.221. The molecular formula is C7H11N5O2. The minimum atomic E-state index is -0.917. The van der Waals surface area contributed by atoms with Crippen molar-refractivity contribution in [3.63, 3.8) is 0 Å². The molecule has 1 N–H and O–H groups in total. The molecule has 0 radical (unpaired) electrons. The molecule has 0 aliphatic carbocycles.